The van der Waals surface area contributed by atoms with E-state index in [0.717, 1.165) is 18.4 Å². The lowest BCUT2D eigenvalue weighted by Crippen LogP contribution is -2.39. The molecule has 1 fully saturated rings. The number of hydrogen-bond acceptors (Lipinski definition) is 3. The number of benzene rings is 1. The van der Waals surface area contributed by atoms with E-state index in [-0.39, 0.29) is 17.5 Å². The van der Waals surface area contributed by atoms with Crippen LogP contribution >= 0.6 is 0 Å². The van der Waals surface area contributed by atoms with Crippen molar-refractivity contribution in [2.75, 3.05) is 13.7 Å². The van der Waals surface area contributed by atoms with Gasteiger partial charge in [-0.1, -0.05) is 0 Å². The van der Waals surface area contributed by atoms with E-state index in [1.807, 2.05) is 0 Å². The van der Waals surface area contributed by atoms with Crippen LogP contribution in [0.4, 0.5) is 0 Å². The van der Waals surface area contributed by atoms with Gasteiger partial charge in [0.15, 0.2) is 0 Å². The van der Waals surface area contributed by atoms with Crippen LogP contribution in [0.2, 0.25) is 0 Å². The second-order valence-corrected chi connectivity index (χ2v) is 5.27. The third-order valence-electron chi connectivity index (χ3n) is 3.44. The minimum absolute atomic E-state index is 0.00119. The van der Waals surface area contributed by atoms with Crippen LogP contribution in [0.5, 0.6) is 0 Å². The van der Waals surface area contributed by atoms with Crippen molar-refractivity contribution in [3.63, 3.8) is 0 Å². The summed E-state index contributed by atoms with van der Waals surface area (Å²) in [5.74, 6) is -0.800. The molecule has 1 aliphatic carbocycles. The number of carbonyl (C=O) groups is 2. The largest absolute Gasteiger partial charge is 0.478 e. The number of ether oxygens (including phenoxy) is 1. The van der Waals surface area contributed by atoms with Gasteiger partial charge in [0.25, 0.3) is 5.91 Å². The minimum Gasteiger partial charge on any atom is -0.478 e. The molecule has 1 atom stereocenters. The molecule has 1 aromatic rings. The zero-order chi connectivity index (χ0) is 14.7. The number of hydrogen-bond donors (Lipinski definition) is 2. The topological polar surface area (TPSA) is 75.6 Å². The highest BCUT2D eigenvalue weighted by molar-refractivity contribution is 5.98. The van der Waals surface area contributed by atoms with Crippen molar-refractivity contribution < 1.29 is 19.4 Å². The molecule has 108 valence electrons. The Morgan fingerprint density at radius 2 is 2.00 bits per heavy atom. The molecule has 0 saturated heterocycles. The van der Waals surface area contributed by atoms with Crippen LogP contribution in [0.15, 0.2) is 18.2 Å². The molecular weight excluding hydrogens is 258 g/mol. The molecule has 5 heteroatoms. The lowest BCUT2D eigenvalue weighted by Gasteiger charge is -2.17. The maximum absolute atomic E-state index is 12.2. The fraction of sp³-hybridized carbons (Fsp3) is 0.467. The SMILES string of the molecule is COCC(NC(=O)c1cc(C)cc(C(=O)O)c1)C1CC1. The minimum atomic E-state index is -1.03. The van der Waals surface area contributed by atoms with Gasteiger partial charge in [0.1, 0.15) is 0 Å². The van der Waals surface area contributed by atoms with Gasteiger partial charge >= 0.3 is 5.97 Å². The Kier molecular flexibility index (Phi) is 4.39. The van der Waals surface area contributed by atoms with Gasteiger partial charge in [0.2, 0.25) is 0 Å². The monoisotopic (exact) mass is 277 g/mol. The van der Waals surface area contributed by atoms with Crippen LogP contribution < -0.4 is 5.32 Å². The molecule has 0 aromatic heterocycles. The molecule has 5 nitrogen and oxygen atoms in total. The summed E-state index contributed by atoms with van der Waals surface area (Å²) in [6.07, 6.45) is 2.20. The molecule has 0 heterocycles. The molecule has 2 rings (SSSR count). The van der Waals surface area contributed by atoms with Crippen LogP contribution in [-0.4, -0.2) is 36.7 Å². The molecular formula is C15H19NO4. The van der Waals surface area contributed by atoms with Crippen LogP contribution in [0.3, 0.4) is 0 Å². The third-order valence-corrected chi connectivity index (χ3v) is 3.44. The second-order valence-electron chi connectivity index (χ2n) is 5.27. The maximum atomic E-state index is 12.2. The zero-order valence-electron chi connectivity index (χ0n) is 11.7. The van der Waals surface area contributed by atoms with Crippen LogP contribution in [0.25, 0.3) is 0 Å². The standard InChI is InChI=1S/C15H19NO4/c1-9-5-11(7-12(6-9)15(18)19)14(17)16-13(8-20-2)10-3-4-10/h5-7,10,13H,3-4,8H2,1-2H3,(H,16,17)(H,18,19). The second kappa shape index (κ2) is 6.05. The van der Waals surface area contributed by atoms with E-state index in [1.165, 1.54) is 6.07 Å². The average molecular weight is 277 g/mol. The van der Waals surface area contributed by atoms with Gasteiger partial charge in [-0.3, -0.25) is 4.79 Å². The molecule has 1 aliphatic rings. The van der Waals surface area contributed by atoms with Crippen molar-refractivity contribution >= 4 is 11.9 Å². The normalized spacial score (nSPS) is 15.7. The van der Waals surface area contributed by atoms with Gasteiger partial charge in [-0.2, -0.15) is 0 Å². The lowest BCUT2D eigenvalue weighted by molar-refractivity contribution is 0.0696. The summed E-state index contributed by atoms with van der Waals surface area (Å²) >= 11 is 0. The molecule has 0 radical (unpaired) electrons. The fourth-order valence-electron chi connectivity index (χ4n) is 2.26. The number of carboxylic acid groups (broad SMARTS) is 1. The Labute approximate surface area is 117 Å². The zero-order valence-corrected chi connectivity index (χ0v) is 11.7. The molecule has 2 N–H and O–H groups in total. The molecule has 0 aliphatic heterocycles. The number of amides is 1. The Hall–Kier alpha value is -1.88. The predicted molar refractivity (Wildman–Crippen MR) is 74.0 cm³/mol. The highest BCUT2D eigenvalue weighted by atomic mass is 16.5. The van der Waals surface area contributed by atoms with Crippen LogP contribution in [0, 0.1) is 12.8 Å². The van der Waals surface area contributed by atoms with E-state index < -0.39 is 5.97 Å². The van der Waals surface area contributed by atoms with Gasteiger partial charge in [0, 0.05) is 12.7 Å². The first kappa shape index (κ1) is 14.5. The molecule has 1 unspecified atom stereocenters. The smallest absolute Gasteiger partial charge is 0.335 e. The van der Waals surface area contributed by atoms with E-state index in [0.29, 0.717) is 18.1 Å². The van der Waals surface area contributed by atoms with E-state index in [1.54, 1.807) is 26.2 Å². The summed E-state index contributed by atoms with van der Waals surface area (Å²) in [6, 6.07) is 4.65. The van der Waals surface area contributed by atoms with Crippen molar-refractivity contribution in [1.29, 1.82) is 0 Å². The van der Waals surface area contributed by atoms with E-state index in [9.17, 15) is 9.59 Å². The molecule has 1 saturated carbocycles. The van der Waals surface area contributed by atoms with E-state index in [2.05, 4.69) is 5.32 Å². The van der Waals surface area contributed by atoms with Crippen molar-refractivity contribution in [3.05, 3.63) is 34.9 Å². The summed E-state index contributed by atoms with van der Waals surface area (Å²) < 4.78 is 5.12. The van der Waals surface area contributed by atoms with Crippen molar-refractivity contribution in [2.45, 2.75) is 25.8 Å². The Morgan fingerprint density at radius 3 is 2.55 bits per heavy atom. The number of methoxy groups -OCH3 is 1. The fourth-order valence-corrected chi connectivity index (χ4v) is 2.26. The van der Waals surface area contributed by atoms with Gasteiger partial charge < -0.3 is 15.2 Å². The van der Waals surface area contributed by atoms with Gasteiger partial charge in [-0.05, 0) is 49.4 Å². The summed E-state index contributed by atoms with van der Waals surface area (Å²) in [6.45, 7) is 2.25. The van der Waals surface area contributed by atoms with Crippen molar-refractivity contribution in [3.8, 4) is 0 Å². The van der Waals surface area contributed by atoms with Crippen LogP contribution in [-0.2, 0) is 4.74 Å². The third kappa shape index (κ3) is 3.57. The summed E-state index contributed by atoms with van der Waals surface area (Å²) in [7, 11) is 1.61. The van der Waals surface area contributed by atoms with Crippen molar-refractivity contribution in [2.24, 2.45) is 5.92 Å². The first-order chi connectivity index (χ1) is 9.51. The number of aromatic carboxylic acids is 1. The van der Waals surface area contributed by atoms with Crippen LogP contribution in [0.1, 0.15) is 39.1 Å². The Balaban J connectivity index is 2.13. The lowest BCUT2D eigenvalue weighted by atomic mass is 10.1. The number of carbonyl (C=O) groups excluding carboxylic acids is 1. The summed E-state index contributed by atoms with van der Waals surface area (Å²) in [5, 5.41) is 12.0. The summed E-state index contributed by atoms with van der Waals surface area (Å²) in [4.78, 5) is 23.2. The van der Waals surface area contributed by atoms with Crippen molar-refractivity contribution in [1.82, 2.24) is 5.32 Å². The highest BCUT2D eigenvalue weighted by Gasteiger charge is 2.32. The Bertz CT molecular complexity index is 523. The van der Waals surface area contributed by atoms with Gasteiger partial charge in [0.05, 0.1) is 18.2 Å². The number of aryl methyl sites for hydroxylation is 1. The van der Waals surface area contributed by atoms with E-state index >= 15 is 0 Å². The molecule has 1 aromatic carbocycles. The van der Waals surface area contributed by atoms with Gasteiger partial charge in [-0.25, -0.2) is 4.79 Å². The molecule has 1 amide bonds. The average Bonchev–Trinajstić information content (AvgIpc) is 3.21. The highest BCUT2D eigenvalue weighted by Crippen LogP contribution is 2.32. The number of rotatable bonds is 6. The van der Waals surface area contributed by atoms with E-state index in [4.69, 9.17) is 9.84 Å². The number of carboxylic acids is 1. The first-order valence-corrected chi connectivity index (χ1v) is 6.66. The quantitative estimate of drug-likeness (QED) is 0.832. The summed E-state index contributed by atoms with van der Waals surface area (Å²) in [5.41, 5.74) is 1.26. The maximum Gasteiger partial charge on any atom is 0.335 e. The first-order valence-electron chi connectivity index (χ1n) is 6.66. The van der Waals surface area contributed by atoms with Gasteiger partial charge in [-0.15, -0.1) is 0 Å². The molecule has 0 spiro atoms. The number of nitrogens with one attached hydrogen (secondary N) is 1. The Morgan fingerprint density at radius 1 is 1.35 bits per heavy atom. The predicted octanol–water partition coefficient (Wildman–Crippen LogP) is 1.85. The molecule has 0 bridgehead atoms. The molecule has 20 heavy (non-hydrogen) atoms.